The van der Waals surface area contributed by atoms with E-state index < -0.39 is 5.97 Å². The standard InChI is InChI=1S/C18H35NO5/c1-2-3-4-5-6-7-8-9-10-11-17(20)19-12-13-23-14-15-24-16-18(21)22/h2-16H2,1H3,(H,19,20)(H,21,22). The van der Waals surface area contributed by atoms with Crippen LogP contribution in [-0.2, 0) is 19.1 Å². The number of carbonyl (C=O) groups is 2. The molecule has 0 heterocycles. The Kier molecular flexibility index (Phi) is 17.3. The molecule has 0 spiro atoms. The third-order valence-electron chi connectivity index (χ3n) is 3.67. The fraction of sp³-hybridized carbons (Fsp3) is 0.889. The molecule has 0 aliphatic carbocycles. The summed E-state index contributed by atoms with van der Waals surface area (Å²) >= 11 is 0. The first-order valence-corrected chi connectivity index (χ1v) is 9.30. The maximum absolute atomic E-state index is 11.6. The Morgan fingerprint density at radius 1 is 0.833 bits per heavy atom. The van der Waals surface area contributed by atoms with Gasteiger partial charge in [0, 0.05) is 13.0 Å². The van der Waals surface area contributed by atoms with Crippen LogP contribution in [0.4, 0.5) is 0 Å². The number of unbranched alkanes of at least 4 members (excludes halogenated alkanes) is 8. The number of carboxylic acid groups (broad SMARTS) is 1. The van der Waals surface area contributed by atoms with Gasteiger partial charge in [0.05, 0.1) is 19.8 Å². The van der Waals surface area contributed by atoms with E-state index in [0.717, 1.165) is 12.8 Å². The van der Waals surface area contributed by atoms with Crippen molar-refractivity contribution in [2.24, 2.45) is 0 Å². The number of aliphatic carboxylic acids is 1. The minimum Gasteiger partial charge on any atom is -0.480 e. The summed E-state index contributed by atoms with van der Waals surface area (Å²) in [5.74, 6) is -0.914. The molecule has 0 fully saturated rings. The van der Waals surface area contributed by atoms with Gasteiger partial charge in [-0.3, -0.25) is 4.79 Å². The fourth-order valence-electron chi connectivity index (χ4n) is 2.33. The summed E-state index contributed by atoms with van der Waals surface area (Å²) in [4.78, 5) is 21.8. The summed E-state index contributed by atoms with van der Waals surface area (Å²) in [6, 6.07) is 0. The van der Waals surface area contributed by atoms with Crippen molar-refractivity contribution in [2.45, 2.75) is 71.1 Å². The number of carbonyl (C=O) groups excluding carboxylic acids is 1. The van der Waals surface area contributed by atoms with E-state index in [9.17, 15) is 9.59 Å². The highest BCUT2D eigenvalue weighted by Gasteiger charge is 2.01. The van der Waals surface area contributed by atoms with Crippen molar-refractivity contribution in [2.75, 3.05) is 33.0 Å². The average molecular weight is 345 g/mol. The van der Waals surface area contributed by atoms with Crippen LogP contribution < -0.4 is 5.32 Å². The molecule has 0 rings (SSSR count). The zero-order chi connectivity index (χ0) is 17.9. The second-order valence-corrected chi connectivity index (χ2v) is 5.99. The minimum absolute atomic E-state index is 0.0728. The number of nitrogens with one attached hydrogen (secondary N) is 1. The third kappa shape index (κ3) is 18.9. The molecule has 0 radical (unpaired) electrons. The van der Waals surface area contributed by atoms with Gasteiger partial charge in [-0.15, -0.1) is 0 Å². The first kappa shape index (κ1) is 22.9. The summed E-state index contributed by atoms with van der Waals surface area (Å²) in [5.41, 5.74) is 0. The molecule has 1 amide bonds. The minimum atomic E-state index is -0.987. The summed E-state index contributed by atoms with van der Waals surface area (Å²) in [6.45, 7) is 3.40. The van der Waals surface area contributed by atoms with Gasteiger partial charge in [-0.25, -0.2) is 4.79 Å². The number of amides is 1. The van der Waals surface area contributed by atoms with Crippen LogP contribution in [0.5, 0.6) is 0 Å². The lowest BCUT2D eigenvalue weighted by Gasteiger charge is -2.07. The molecule has 0 aromatic rings. The molecule has 0 unspecified atom stereocenters. The third-order valence-corrected chi connectivity index (χ3v) is 3.67. The first-order chi connectivity index (χ1) is 11.7. The summed E-state index contributed by atoms with van der Waals surface area (Å²) < 4.78 is 10.1. The van der Waals surface area contributed by atoms with Crippen molar-refractivity contribution in [3.05, 3.63) is 0 Å². The zero-order valence-electron chi connectivity index (χ0n) is 15.2. The molecule has 6 nitrogen and oxygen atoms in total. The van der Waals surface area contributed by atoms with E-state index in [-0.39, 0.29) is 19.1 Å². The van der Waals surface area contributed by atoms with Crippen LogP contribution in [0.25, 0.3) is 0 Å². The predicted molar refractivity (Wildman–Crippen MR) is 94.1 cm³/mol. The molecule has 0 aromatic heterocycles. The lowest BCUT2D eigenvalue weighted by Crippen LogP contribution is -2.27. The number of hydrogen-bond donors (Lipinski definition) is 2. The van der Waals surface area contributed by atoms with Gasteiger partial charge < -0.3 is 19.9 Å². The number of carboxylic acids is 1. The Balaban J connectivity index is 3.17. The molecular weight excluding hydrogens is 310 g/mol. The molecule has 142 valence electrons. The van der Waals surface area contributed by atoms with Crippen molar-refractivity contribution in [3.8, 4) is 0 Å². The topological polar surface area (TPSA) is 84.9 Å². The summed E-state index contributed by atoms with van der Waals surface area (Å²) in [6.07, 6.45) is 11.8. The van der Waals surface area contributed by atoms with Crippen molar-refractivity contribution < 1.29 is 24.2 Å². The normalized spacial score (nSPS) is 10.7. The van der Waals surface area contributed by atoms with E-state index >= 15 is 0 Å². The molecule has 0 aromatic carbocycles. The van der Waals surface area contributed by atoms with E-state index in [4.69, 9.17) is 14.6 Å². The van der Waals surface area contributed by atoms with Crippen molar-refractivity contribution in [1.29, 1.82) is 0 Å². The van der Waals surface area contributed by atoms with Gasteiger partial charge in [0.25, 0.3) is 0 Å². The SMILES string of the molecule is CCCCCCCCCCCC(=O)NCCOCCOCC(=O)O. The maximum Gasteiger partial charge on any atom is 0.329 e. The number of ether oxygens (including phenoxy) is 2. The fourth-order valence-corrected chi connectivity index (χ4v) is 2.33. The molecule has 2 N–H and O–H groups in total. The molecule has 0 atom stereocenters. The monoisotopic (exact) mass is 345 g/mol. The molecule has 0 saturated carbocycles. The highest BCUT2D eigenvalue weighted by atomic mass is 16.5. The van der Waals surface area contributed by atoms with E-state index in [0.29, 0.717) is 26.2 Å². The van der Waals surface area contributed by atoms with Crippen LogP contribution in [0.1, 0.15) is 71.1 Å². The predicted octanol–water partition coefficient (Wildman–Crippen LogP) is 3.14. The van der Waals surface area contributed by atoms with Crippen LogP contribution in [0.15, 0.2) is 0 Å². The van der Waals surface area contributed by atoms with Gasteiger partial charge in [-0.1, -0.05) is 58.3 Å². The molecule has 24 heavy (non-hydrogen) atoms. The van der Waals surface area contributed by atoms with E-state index in [1.54, 1.807) is 0 Å². The van der Waals surface area contributed by atoms with Crippen molar-refractivity contribution >= 4 is 11.9 Å². The Morgan fingerprint density at radius 3 is 2.04 bits per heavy atom. The van der Waals surface area contributed by atoms with Crippen molar-refractivity contribution in [3.63, 3.8) is 0 Å². The molecule has 0 aliphatic heterocycles. The van der Waals surface area contributed by atoms with Gasteiger partial charge in [0.1, 0.15) is 6.61 Å². The second-order valence-electron chi connectivity index (χ2n) is 5.99. The van der Waals surface area contributed by atoms with Gasteiger partial charge in [0.2, 0.25) is 5.91 Å². The first-order valence-electron chi connectivity index (χ1n) is 9.30. The van der Waals surface area contributed by atoms with Crippen LogP contribution >= 0.6 is 0 Å². The lowest BCUT2D eigenvalue weighted by atomic mass is 10.1. The molecule has 0 bridgehead atoms. The van der Waals surface area contributed by atoms with Crippen LogP contribution in [0.3, 0.4) is 0 Å². The highest BCUT2D eigenvalue weighted by Crippen LogP contribution is 2.10. The second kappa shape index (κ2) is 18.2. The van der Waals surface area contributed by atoms with Crippen LogP contribution in [0, 0.1) is 0 Å². The number of hydrogen-bond acceptors (Lipinski definition) is 4. The van der Waals surface area contributed by atoms with E-state index in [1.165, 1.54) is 44.9 Å². The van der Waals surface area contributed by atoms with Crippen molar-refractivity contribution in [1.82, 2.24) is 5.32 Å². The highest BCUT2D eigenvalue weighted by molar-refractivity contribution is 5.75. The average Bonchev–Trinajstić information content (AvgIpc) is 2.55. The van der Waals surface area contributed by atoms with Gasteiger partial charge in [-0.2, -0.15) is 0 Å². The Labute approximate surface area is 146 Å². The summed E-state index contributed by atoms with van der Waals surface area (Å²) in [7, 11) is 0. The molecule has 0 aliphatic rings. The zero-order valence-corrected chi connectivity index (χ0v) is 15.2. The summed E-state index contributed by atoms with van der Waals surface area (Å²) in [5, 5.41) is 11.2. The Morgan fingerprint density at radius 2 is 1.42 bits per heavy atom. The molecular formula is C18H35NO5. The van der Waals surface area contributed by atoms with Crippen LogP contribution in [0.2, 0.25) is 0 Å². The number of rotatable bonds is 18. The maximum atomic E-state index is 11.6. The van der Waals surface area contributed by atoms with Gasteiger partial charge >= 0.3 is 5.97 Å². The molecule has 6 heteroatoms. The lowest BCUT2D eigenvalue weighted by molar-refractivity contribution is -0.142. The van der Waals surface area contributed by atoms with Crippen LogP contribution in [-0.4, -0.2) is 50.0 Å². The Hall–Kier alpha value is -1.14. The van der Waals surface area contributed by atoms with E-state index in [1.807, 2.05) is 0 Å². The largest absolute Gasteiger partial charge is 0.480 e. The smallest absolute Gasteiger partial charge is 0.329 e. The van der Waals surface area contributed by atoms with Gasteiger partial charge in [-0.05, 0) is 6.42 Å². The van der Waals surface area contributed by atoms with Gasteiger partial charge in [0.15, 0.2) is 0 Å². The molecule has 0 saturated heterocycles. The Bertz CT molecular complexity index is 310. The quantitative estimate of drug-likeness (QED) is 0.373. The van der Waals surface area contributed by atoms with E-state index in [2.05, 4.69) is 12.2 Å².